The molecule has 8 heteroatoms. The SMILES string of the molecule is Cc1ccc(CNC(=O)[C@H]2CCCN(S(=O)(=O)c3c(C)n[nH]c3C)C2)cc1. The fraction of sp³-hybridized carbons (Fsp3) is 0.474. The first-order valence-corrected chi connectivity index (χ1v) is 10.6. The van der Waals surface area contributed by atoms with Crippen molar-refractivity contribution < 1.29 is 13.2 Å². The third-order valence-corrected chi connectivity index (χ3v) is 7.13. The van der Waals surface area contributed by atoms with Crippen molar-refractivity contribution in [2.75, 3.05) is 13.1 Å². The molecule has 0 unspecified atom stereocenters. The summed E-state index contributed by atoms with van der Waals surface area (Å²) in [6.45, 7) is 6.46. The van der Waals surface area contributed by atoms with E-state index in [4.69, 9.17) is 0 Å². The predicted octanol–water partition coefficient (Wildman–Crippen LogP) is 2.05. The van der Waals surface area contributed by atoms with Crippen LogP contribution in [0.3, 0.4) is 0 Å². The Balaban J connectivity index is 1.66. The highest BCUT2D eigenvalue weighted by atomic mass is 32.2. The number of sulfonamides is 1. The van der Waals surface area contributed by atoms with Crippen LogP contribution in [0.1, 0.15) is 35.4 Å². The zero-order chi connectivity index (χ0) is 19.6. The van der Waals surface area contributed by atoms with Crippen LogP contribution in [0.4, 0.5) is 0 Å². The number of carbonyl (C=O) groups is 1. The number of amides is 1. The van der Waals surface area contributed by atoms with Crippen LogP contribution >= 0.6 is 0 Å². The van der Waals surface area contributed by atoms with Crippen molar-refractivity contribution in [3.05, 3.63) is 46.8 Å². The van der Waals surface area contributed by atoms with Gasteiger partial charge in [0.1, 0.15) is 4.90 Å². The number of hydrogen-bond donors (Lipinski definition) is 2. The van der Waals surface area contributed by atoms with E-state index in [1.165, 1.54) is 9.87 Å². The summed E-state index contributed by atoms with van der Waals surface area (Å²) >= 11 is 0. The number of carbonyl (C=O) groups excluding carboxylic acids is 1. The minimum atomic E-state index is -3.66. The number of nitrogens with zero attached hydrogens (tertiary/aromatic N) is 2. The van der Waals surface area contributed by atoms with E-state index in [9.17, 15) is 13.2 Å². The topological polar surface area (TPSA) is 95.2 Å². The molecule has 1 aromatic heterocycles. The van der Waals surface area contributed by atoms with Crippen molar-refractivity contribution in [1.29, 1.82) is 0 Å². The molecule has 0 radical (unpaired) electrons. The van der Waals surface area contributed by atoms with E-state index in [0.717, 1.165) is 5.56 Å². The van der Waals surface area contributed by atoms with Gasteiger partial charge in [0, 0.05) is 19.6 Å². The minimum Gasteiger partial charge on any atom is -0.352 e. The Kier molecular flexibility index (Phi) is 5.67. The second-order valence-electron chi connectivity index (χ2n) is 7.17. The van der Waals surface area contributed by atoms with Gasteiger partial charge in [0.25, 0.3) is 0 Å². The second-order valence-corrected chi connectivity index (χ2v) is 9.04. The molecule has 0 saturated carbocycles. The highest BCUT2D eigenvalue weighted by molar-refractivity contribution is 7.89. The summed E-state index contributed by atoms with van der Waals surface area (Å²) in [5.74, 6) is -0.442. The van der Waals surface area contributed by atoms with Gasteiger partial charge in [0.05, 0.1) is 17.3 Å². The molecule has 0 aliphatic carbocycles. The van der Waals surface area contributed by atoms with E-state index >= 15 is 0 Å². The molecule has 1 atom stereocenters. The minimum absolute atomic E-state index is 0.101. The standard InChI is InChI=1S/C19H26N4O3S/c1-13-6-8-16(9-7-13)11-20-19(24)17-5-4-10-23(12-17)27(25,26)18-14(2)21-22-15(18)3/h6-9,17H,4-5,10-12H2,1-3H3,(H,20,24)(H,21,22)/t17-/m0/s1. The lowest BCUT2D eigenvalue weighted by molar-refractivity contribution is -0.126. The normalized spacial score (nSPS) is 18.4. The first-order valence-electron chi connectivity index (χ1n) is 9.14. The molecule has 1 amide bonds. The molecule has 27 heavy (non-hydrogen) atoms. The number of nitrogens with one attached hydrogen (secondary N) is 2. The number of aromatic nitrogens is 2. The van der Waals surface area contributed by atoms with Gasteiger partial charge in [0.2, 0.25) is 15.9 Å². The van der Waals surface area contributed by atoms with E-state index in [1.807, 2.05) is 31.2 Å². The Morgan fingerprint density at radius 3 is 2.59 bits per heavy atom. The number of rotatable bonds is 5. The first kappa shape index (κ1) is 19.6. The summed E-state index contributed by atoms with van der Waals surface area (Å²) < 4.78 is 27.4. The van der Waals surface area contributed by atoms with Gasteiger partial charge in [0.15, 0.2) is 0 Å². The highest BCUT2D eigenvalue weighted by Crippen LogP contribution is 2.26. The van der Waals surface area contributed by atoms with Crippen LogP contribution in [-0.4, -0.2) is 41.9 Å². The molecule has 1 aliphatic heterocycles. The van der Waals surface area contributed by atoms with Gasteiger partial charge >= 0.3 is 0 Å². The summed E-state index contributed by atoms with van der Waals surface area (Å²) in [6, 6.07) is 7.98. The Bertz CT molecular complexity index is 899. The molecule has 2 aromatic rings. The largest absolute Gasteiger partial charge is 0.352 e. The number of aryl methyl sites for hydroxylation is 3. The molecule has 146 valence electrons. The fourth-order valence-electron chi connectivity index (χ4n) is 3.46. The molecule has 1 aliphatic rings. The van der Waals surface area contributed by atoms with Gasteiger partial charge in [-0.2, -0.15) is 9.40 Å². The smallest absolute Gasteiger partial charge is 0.246 e. The molecule has 0 spiro atoms. The van der Waals surface area contributed by atoms with Crippen molar-refractivity contribution in [2.24, 2.45) is 5.92 Å². The highest BCUT2D eigenvalue weighted by Gasteiger charge is 2.35. The molecule has 1 fully saturated rings. The summed E-state index contributed by atoms with van der Waals surface area (Å²) in [5, 5.41) is 9.65. The monoisotopic (exact) mass is 390 g/mol. The Morgan fingerprint density at radius 2 is 1.96 bits per heavy atom. The molecule has 3 rings (SSSR count). The average molecular weight is 391 g/mol. The molecule has 1 aromatic carbocycles. The maximum Gasteiger partial charge on any atom is 0.246 e. The van der Waals surface area contributed by atoms with Gasteiger partial charge in [-0.05, 0) is 39.2 Å². The lowest BCUT2D eigenvalue weighted by Crippen LogP contribution is -2.45. The van der Waals surface area contributed by atoms with Crippen LogP contribution in [-0.2, 0) is 21.4 Å². The van der Waals surface area contributed by atoms with Crippen LogP contribution in [0.5, 0.6) is 0 Å². The lowest BCUT2D eigenvalue weighted by atomic mass is 9.98. The van der Waals surface area contributed by atoms with Gasteiger partial charge < -0.3 is 5.32 Å². The maximum atomic E-state index is 13.0. The van der Waals surface area contributed by atoms with E-state index in [0.29, 0.717) is 37.3 Å². The van der Waals surface area contributed by atoms with Crippen LogP contribution < -0.4 is 5.32 Å². The molecular formula is C19H26N4O3S. The Labute approximate surface area is 160 Å². The lowest BCUT2D eigenvalue weighted by Gasteiger charge is -2.31. The molecule has 7 nitrogen and oxygen atoms in total. The van der Waals surface area contributed by atoms with Crippen molar-refractivity contribution in [1.82, 2.24) is 19.8 Å². The second kappa shape index (κ2) is 7.82. The number of benzene rings is 1. The summed E-state index contributed by atoms with van der Waals surface area (Å²) in [6.07, 6.45) is 1.35. The number of H-pyrrole nitrogens is 1. The Hall–Kier alpha value is -2.19. The summed E-state index contributed by atoms with van der Waals surface area (Å²) in [7, 11) is -3.66. The van der Waals surface area contributed by atoms with E-state index < -0.39 is 10.0 Å². The number of hydrogen-bond acceptors (Lipinski definition) is 4. The molecule has 1 saturated heterocycles. The van der Waals surface area contributed by atoms with Gasteiger partial charge in [-0.3, -0.25) is 9.89 Å². The zero-order valence-electron chi connectivity index (χ0n) is 15.9. The number of aromatic amines is 1. The van der Waals surface area contributed by atoms with Crippen LogP contribution in [0.25, 0.3) is 0 Å². The van der Waals surface area contributed by atoms with Crippen molar-refractivity contribution in [3.63, 3.8) is 0 Å². The number of piperidine rings is 1. The van der Waals surface area contributed by atoms with Gasteiger partial charge in [-0.15, -0.1) is 0 Å². The molecule has 0 bridgehead atoms. The van der Waals surface area contributed by atoms with E-state index in [2.05, 4.69) is 15.5 Å². The van der Waals surface area contributed by atoms with Crippen LogP contribution in [0, 0.1) is 26.7 Å². The first-order chi connectivity index (χ1) is 12.8. The zero-order valence-corrected chi connectivity index (χ0v) is 16.8. The van der Waals surface area contributed by atoms with E-state index in [-0.39, 0.29) is 23.3 Å². The quantitative estimate of drug-likeness (QED) is 0.817. The van der Waals surface area contributed by atoms with Crippen molar-refractivity contribution in [2.45, 2.75) is 45.1 Å². The molecule has 2 heterocycles. The summed E-state index contributed by atoms with van der Waals surface area (Å²) in [4.78, 5) is 12.8. The molecular weight excluding hydrogens is 364 g/mol. The summed E-state index contributed by atoms with van der Waals surface area (Å²) in [5.41, 5.74) is 3.18. The van der Waals surface area contributed by atoms with Crippen molar-refractivity contribution >= 4 is 15.9 Å². The predicted molar refractivity (Wildman–Crippen MR) is 103 cm³/mol. The third kappa shape index (κ3) is 4.22. The maximum absolute atomic E-state index is 13.0. The Morgan fingerprint density at radius 1 is 1.26 bits per heavy atom. The van der Waals surface area contributed by atoms with E-state index in [1.54, 1.807) is 13.8 Å². The average Bonchev–Trinajstić information content (AvgIpc) is 3.00. The van der Waals surface area contributed by atoms with Gasteiger partial charge in [-0.25, -0.2) is 8.42 Å². The van der Waals surface area contributed by atoms with Crippen molar-refractivity contribution in [3.8, 4) is 0 Å². The third-order valence-electron chi connectivity index (χ3n) is 5.00. The van der Waals surface area contributed by atoms with Gasteiger partial charge in [-0.1, -0.05) is 29.8 Å². The van der Waals surface area contributed by atoms with Crippen LogP contribution in [0.2, 0.25) is 0 Å². The molecule has 2 N–H and O–H groups in total. The fourth-order valence-corrected chi connectivity index (χ4v) is 5.32. The van der Waals surface area contributed by atoms with Crippen LogP contribution in [0.15, 0.2) is 29.2 Å².